The summed E-state index contributed by atoms with van der Waals surface area (Å²) in [4.78, 5) is 25.6. The SMILES string of the molecule is COCCN(C)C(=O)Nc1ccc(F)c(NC(=O)c2ccoc2C)c1. The van der Waals surface area contributed by atoms with Gasteiger partial charge in [-0.15, -0.1) is 0 Å². The number of hydrogen-bond acceptors (Lipinski definition) is 4. The fourth-order valence-electron chi connectivity index (χ4n) is 2.06. The highest BCUT2D eigenvalue weighted by molar-refractivity contribution is 6.05. The molecule has 2 rings (SSSR count). The van der Waals surface area contributed by atoms with Crippen molar-refractivity contribution in [3.05, 3.63) is 47.7 Å². The molecule has 2 N–H and O–H groups in total. The third-order valence-electron chi connectivity index (χ3n) is 3.55. The van der Waals surface area contributed by atoms with E-state index in [9.17, 15) is 14.0 Å². The van der Waals surface area contributed by atoms with Gasteiger partial charge in [-0.25, -0.2) is 9.18 Å². The third-order valence-corrected chi connectivity index (χ3v) is 3.55. The van der Waals surface area contributed by atoms with Crippen molar-refractivity contribution >= 4 is 23.3 Å². The second-order valence-corrected chi connectivity index (χ2v) is 5.38. The predicted octanol–water partition coefficient (Wildman–Crippen LogP) is 3.09. The summed E-state index contributed by atoms with van der Waals surface area (Å²) in [6.45, 7) is 2.45. The first-order valence-electron chi connectivity index (χ1n) is 7.58. The number of nitrogens with zero attached hydrogens (tertiary/aromatic N) is 1. The molecule has 2 aromatic rings. The summed E-state index contributed by atoms with van der Waals surface area (Å²) in [6.07, 6.45) is 1.38. The Hall–Kier alpha value is -2.87. The Morgan fingerprint density at radius 3 is 2.68 bits per heavy atom. The first kappa shape index (κ1) is 18.5. The molecular formula is C17H20FN3O4. The molecule has 0 spiro atoms. The van der Waals surface area contributed by atoms with Gasteiger partial charge in [-0.2, -0.15) is 0 Å². The van der Waals surface area contributed by atoms with Crippen LogP contribution in [0.1, 0.15) is 16.1 Å². The number of urea groups is 1. The maximum atomic E-state index is 14.0. The summed E-state index contributed by atoms with van der Waals surface area (Å²) in [5.74, 6) is -0.673. The van der Waals surface area contributed by atoms with Gasteiger partial charge in [0.25, 0.3) is 5.91 Å². The molecule has 0 atom stereocenters. The quantitative estimate of drug-likeness (QED) is 0.839. The second-order valence-electron chi connectivity index (χ2n) is 5.38. The molecule has 1 aromatic heterocycles. The van der Waals surface area contributed by atoms with E-state index in [2.05, 4.69) is 10.6 Å². The van der Waals surface area contributed by atoms with E-state index < -0.39 is 11.7 Å². The second kappa shape index (κ2) is 8.29. The number of furan rings is 1. The Labute approximate surface area is 144 Å². The molecule has 3 amide bonds. The molecule has 1 heterocycles. The minimum absolute atomic E-state index is 0.0389. The van der Waals surface area contributed by atoms with Crippen molar-refractivity contribution in [1.29, 1.82) is 0 Å². The standard InChI is InChI=1S/C17H20FN3O4/c1-11-13(6-8-25-11)16(22)20-15-10-12(4-5-14(15)18)19-17(23)21(2)7-9-24-3/h4-6,8,10H,7,9H2,1-3H3,(H,19,23)(H,20,22). The number of anilines is 2. The van der Waals surface area contributed by atoms with Gasteiger partial charge in [-0.05, 0) is 31.2 Å². The molecule has 0 aliphatic carbocycles. The topological polar surface area (TPSA) is 83.8 Å². The first-order chi connectivity index (χ1) is 11.9. The van der Waals surface area contributed by atoms with E-state index in [0.29, 0.717) is 30.2 Å². The lowest BCUT2D eigenvalue weighted by Crippen LogP contribution is -2.33. The molecular weight excluding hydrogens is 329 g/mol. The number of likely N-dealkylation sites (N-methyl/N-ethyl adjacent to an activating group) is 1. The van der Waals surface area contributed by atoms with Crippen molar-refractivity contribution in [2.45, 2.75) is 6.92 Å². The van der Waals surface area contributed by atoms with Crippen LogP contribution in [0.25, 0.3) is 0 Å². The number of benzene rings is 1. The van der Waals surface area contributed by atoms with E-state index >= 15 is 0 Å². The summed E-state index contributed by atoms with van der Waals surface area (Å²) in [5.41, 5.74) is 0.631. The van der Waals surface area contributed by atoms with Crippen LogP contribution in [0.4, 0.5) is 20.6 Å². The molecule has 134 valence electrons. The monoisotopic (exact) mass is 349 g/mol. The van der Waals surface area contributed by atoms with E-state index in [-0.39, 0.29) is 11.7 Å². The number of ether oxygens (including phenoxy) is 1. The number of hydrogen-bond donors (Lipinski definition) is 2. The molecule has 0 saturated heterocycles. The molecule has 1 aromatic carbocycles. The lowest BCUT2D eigenvalue weighted by atomic mass is 10.2. The Morgan fingerprint density at radius 1 is 1.28 bits per heavy atom. The lowest BCUT2D eigenvalue weighted by Gasteiger charge is -2.18. The molecule has 8 heteroatoms. The zero-order valence-corrected chi connectivity index (χ0v) is 14.3. The average Bonchev–Trinajstić information content (AvgIpc) is 3.01. The summed E-state index contributed by atoms with van der Waals surface area (Å²) in [5, 5.41) is 5.10. The van der Waals surface area contributed by atoms with Gasteiger partial charge in [0.05, 0.1) is 24.1 Å². The van der Waals surface area contributed by atoms with Crippen molar-refractivity contribution < 1.29 is 23.1 Å². The largest absolute Gasteiger partial charge is 0.469 e. The minimum Gasteiger partial charge on any atom is -0.469 e. The smallest absolute Gasteiger partial charge is 0.321 e. The molecule has 0 aliphatic rings. The van der Waals surface area contributed by atoms with Crippen LogP contribution in [0, 0.1) is 12.7 Å². The number of aryl methyl sites for hydroxylation is 1. The van der Waals surface area contributed by atoms with Crippen LogP contribution in [0.3, 0.4) is 0 Å². The van der Waals surface area contributed by atoms with Gasteiger partial charge in [0, 0.05) is 26.4 Å². The van der Waals surface area contributed by atoms with Crippen molar-refractivity contribution in [2.24, 2.45) is 0 Å². The van der Waals surface area contributed by atoms with E-state index in [4.69, 9.17) is 9.15 Å². The van der Waals surface area contributed by atoms with Gasteiger partial charge in [0.15, 0.2) is 0 Å². The zero-order chi connectivity index (χ0) is 18.4. The van der Waals surface area contributed by atoms with Gasteiger partial charge in [-0.3, -0.25) is 4.79 Å². The van der Waals surface area contributed by atoms with Crippen molar-refractivity contribution in [1.82, 2.24) is 4.90 Å². The van der Waals surface area contributed by atoms with E-state index in [0.717, 1.165) is 0 Å². The molecule has 0 aliphatic heterocycles. The fraction of sp³-hybridized carbons (Fsp3) is 0.294. The number of carbonyl (C=O) groups excluding carboxylic acids is 2. The number of carbonyl (C=O) groups is 2. The minimum atomic E-state index is -0.611. The van der Waals surface area contributed by atoms with Gasteiger partial charge < -0.3 is 24.7 Å². The Kier molecular flexibility index (Phi) is 6.13. The normalized spacial score (nSPS) is 10.4. The molecule has 0 radical (unpaired) electrons. The highest BCUT2D eigenvalue weighted by atomic mass is 19.1. The summed E-state index contributed by atoms with van der Waals surface area (Å²) in [6, 6.07) is 5.06. The molecule has 0 bridgehead atoms. The number of nitrogens with one attached hydrogen (secondary N) is 2. The average molecular weight is 349 g/mol. The first-order valence-corrected chi connectivity index (χ1v) is 7.58. The number of halogens is 1. The molecule has 0 unspecified atom stereocenters. The Balaban J connectivity index is 2.08. The highest BCUT2D eigenvalue weighted by Gasteiger charge is 2.15. The third kappa shape index (κ3) is 4.80. The Bertz CT molecular complexity index is 760. The van der Waals surface area contributed by atoms with Crippen LogP contribution < -0.4 is 10.6 Å². The predicted molar refractivity (Wildman–Crippen MR) is 91.3 cm³/mol. The summed E-state index contributed by atoms with van der Waals surface area (Å²) >= 11 is 0. The van der Waals surface area contributed by atoms with Crippen LogP contribution in [-0.4, -0.2) is 44.1 Å². The van der Waals surface area contributed by atoms with Crippen LogP contribution in [0.5, 0.6) is 0 Å². The van der Waals surface area contributed by atoms with Crippen LogP contribution in [-0.2, 0) is 4.74 Å². The van der Waals surface area contributed by atoms with E-state index in [1.165, 1.54) is 35.4 Å². The fourth-order valence-corrected chi connectivity index (χ4v) is 2.06. The van der Waals surface area contributed by atoms with Gasteiger partial charge >= 0.3 is 6.03 Å². The van der Waals surface area contributed by atoms with E-state index in [1.807, 2.05) is 0 Å². The van der Waals surface area contributed by atoms with Crippen LogP contribution in [0.15, 0.2) is 34.9 Å². The van der Waals surface area contributed by atoms with Crippen LogP contribution in [0.2, 0.25) is 0 Å². The molecule has 25 heavy (non-hydrogen) atoms. The van der Waals surface area contributed by atoms with Gasteiger partial charge in [-0.1, -0.05) is 0 Å². The van der Waals surface area contributed by atoms with Crippen molar-refractivity contribution in [3.63, 3.8) is 0 Å². The summed E-state index contributed by atoms with van der Waals surface area (Å²) in [7, 11) is 3.16. The molecule has 0 saturated carbocycles. The van der Waals surface area contributed by atoms with E-state index in [1.54, 1.807) is 21.1 Å². The molecule has 7 nitrogen and oxygen atoms in total. The summed E-state index contributed by atoms with van der Waals surface area (Å²) < 4.78 is 23.9. The van der Waals surface area contributed by atoms with Gasteiger partial charge in [0.2, 0.25) is 0 Å². The van der Waals surface area contributed by atoms with Crippen LogP contribution >= 0.6 is 0 Å². The zero-order valence-electron chi connectivity index (χ0n) is 14.3. The highest BCUT2D eigenvalue weighted by Crippen LogP contribution is 2.21. The van der Waals surface area contributed by atoms with Gasteiger partial charge in [0.1, 0.15) is 11.6 Å². The number of methoxy groups -OCH3 is 1. The Morgan fingerprint density at radius 2 is 2.04 bits per heavy atom. The van der Waals surface area contributed by atoms with Crippen molar-refractivity contribution in [3.8, 4) is 0 Å². The maximum absolute atomic E-state index is 14.0. The number of rotatable bonds is 6. The number of amides is 3. The maximum Gasteiger partial charge on any atom is 0.321 e. The molecule has 0 fully saturated rings. The lowest BCUT2D eigenvalue weighted by molar-refractivity contribution is 0.102. The van der Waals surface area contributed by atoms with Crippen molar-refractivity contribution in [2.75, 3.05) is 37.9 Å².